The van der Waals surface area contributed by atoms with Crippen molar-refractivity contribution < 1.29 is 14.4 Å². The van der Waals surface area contributed by atoms with Gasteiger partial charge in [-0.15, -0.1) is 11.3 Å². The van der Waals surface area contributed by atoms with Crippen molar-refractivity contribution in [2.75, 3.05) is 38.2 Å². The molecule has 1 N–H and O–H groups in total. The largest absolute Gasteiger partial charge is 0.497 e. The summed E-state index contributed by atoms with van der Waals surface area (Å²) in [5.74, 6) is 0.713. The maximum Gasteiger partial charge on any atom is 0.260 e. The Morgan fingerprint density at radius 3 is 2.40 bits per heavy atom. The third-order valence-electron chi connectivity index (χ3n) is 5.29. The van der Waals surface area contributed by atoms with Gasteiger partial charge in [-0.1, -0.05) is 30.3 Å². The molecule has 0 unspecified atom stereocenters. The number of hydrogen-bond donors (Lipinski definition) is 1. The van der Waals surface area contributed by atoms with Crippen molar-refractivity contribution in [1.82, 2.24) is 4.98 Å². The van der Waals surface area contributed by atoms with Crippen molar-refractivity contribution >= 4 is 22.4 Å². The fraction of sp³-hybridized carbons (Fsp3) is 0.333. The second kappa shape index (κ2) is 10.9. The first-order valence-corrected chi connectivity index (χ1v) is 11.3. The highest BCUT2D eigenvalue weighted by Gasteiger charge is 2.21. The van der Waals surface area contributed by atoms with Crippen LogP contribution in [0.3, 0.4) is 0 Å². The summed E-state index contributed by atoms with van der Waals surface area (Å²) in [4.78, 5) is 21.5. The lowest BCUT2D eigenvalue weighted by atomic mass is 10.2. The number of carbonyl (C=O) groups excluding carboxylic acids is 1. The van der Waals surface area contributed by atoms with Gasteiger partial charge in [-0.25, -0.2) is 4.98 Å². The second-order valence-electron chi connectivity index (χ2n) is 7.13. The number of carbonyl (C=O) groups is 1. The van der Waals surface area contributed by atoms with E-state index in [2.05, 4.69) is 13.8 Å². The molecule has 0 aliphatic rings. The van der Waals surface area contributed by atoms with Crippen molar-refractivity contribution in [1.29, 1.82) is 0 Å². The third kappa shape index (κ3) is 5.46. The predicted octanol–water partition coefficient (Wildman–Crippen LogP) is 3.78. The van der Waals surface area contributed by atoms with E-state index in [-0.39, 0.29) is 5.91 Å². The summed E-state index contributed by atoms with van der Waals surface area (Å²) in [6, 6.07) is 17.3. The van der Waals surface area contributed by atoms with Crippen LogP contribution in [0, 0.1) is 0 Å². The molecule has 3 rings (SSSR count). The Morgan fingerprint density at radius 2 is 1.77 bits per heavy atom. The zero-order valence-corrected chi connectivity index (χ0v) is 18.7. The Balaban J connectivity index is 1.83. The highest BCUT2D eigenvalue weighted by atomic mass is 32.1. The number of nitrogens with one attached hydrogen (secondary N) is 1. The number of methoxy groups -OCH3 is 1. The van der Waals surface area contributed by atoms with Gasteiger partial charge >= 0.3 is 0 Å². The second-order valence-corrected chi connectivity index (χ2v) is 7.96. The molecule has 0 fully saturated rings. The first-order valence-electron chi connectivity index (χ1n) is 10.5. The Morgan fingerprint density at radius 1 is 1.07 bits per heavy atom. The Hall–Kier alpha value is -2.70. The van der Waals surface area contributed by atoms with Crippen LogP contribution in [0.2, 0.25) is 0 Å². The van der Waals surface area contributed by atoms with Crippen LogP contribution in [0.1, 0.15) is 30.6 Å². The van der Waals surface area contributed by atoms with Gasteiger partial charge in [0.15, 0.2) is 5.13 Å². The lowest BCUT2D eigenvalue weighted by Gasteiger charge is -2.22. The number of anilines is 1. The summed E-state index contributed by atoms with van der Waals surface area (Å²) >= 11 is 1.52. The van der Waals surface area contributed by atoms with E-state index in [1.165, 1.54) is 16.2 Å². The van der Waals surface area contributed by atoms with Gasteiger partial charge < -0.3 is 9.64 Å². The summed E-state index contributed by atoms with van der Waals surface area (Å²) in [7, 11) is 1.62. The number of aromatic nitrogens is 1. The van der Waals surface area contributed by atoms with Crippen molar-refractivity contribution in [3.05, 3.63) is 65.5 Å². The minimum atomic E-state index is -0.0267. The van der Waals surface area contributed by atoms with Gasteiger partial charge in [-0.3, -0.25) is 9.69 Å². The van der Waals surface area contributed by atoms with Gasteiger partial charge in [-0.2, -0.15) is 0 Å². The molecule has 0 aliphatic carbocycles. The molecule has 0 saturated heterocycles. The molecule has 0 spiro atoms. The maximum absolute atomic E-state index is 13.4. The first kappa shape index (κ1) is 22.0. The van der Waals surface area contributed by atoms with E-state index in [1.807, 2.05) is 64.9 Å². The molecule has 0 saturated carbocycles. The van der Waals surface area contributed by atoms with Crippen molar-refractivity contribution in [2.24, 2.45) is 0 Å². The van der Waals surface area contributed by atoms with Crippen molar-refractivity contribution in [3.63, 3.8) is 0 Å². The molecule has 0 aliphatic heterocycles. The minimum absolute atomic E-state index is 0.0267. The quantitative estimate of drug-likeness (QED) is 0.539. The number of hydrogen-bond acceptors (Lipinski definition) is 4. The van der Waals surface area contributed by atoms with E-state index in [4.69, 9.17) is 9.72 Å². The fourth-order valence-corrected chi connectivity index (χ4v) is 4.25. The van der Waals surface area contributed by atoms with Crippen molar-refractivity contribution in [2.45, 2.75) is 20.3 Å². The van der Waals surface area contributed by atoms with Crippen LogP contribution in [-0.2, 0) is 0 Å². The molecule has 2 aromatic carbocycles. The molecule has 1 aromatic heterocycles. The third-order valence-corrected chi connectivity index (χ3v) is 6.15. The lowest BCUT2D eigenvalue weighted by molar-refractivity contribution is -0.896. The van der Waals surface area contributed by atoms with Crippen LogP contribution in [-0.4, -0.2) is 44.2 Å². The van der Waals surface area contributed by atoms with E-state index >= 15 is 0 Å². The molecular formula is C24H30N3O2S+. The normalized spacial score (nSPS) is 10.9. The zero-order chi connectivity index (χ0) is 21.3. The smallest absolute Gasteiger partial charge is 0.260 e. The monoisotopic (exact) mass is 424 g/mol. The Kier molecular flexibility index (Phi) is 7.99. The summed E-state index contributed by atoms with van der Waals surface area (Å²) < 4.78 is 5.22. The lowest BCUT2D eigenvalue weighted by Crippen LogP contribution is -3.11. The molecule has 0 radical (unpaired) electrons. The highest BCUT2D eigenvalue weighted by molar-refractivity contribution is 7.14. The molecule has 158 valence electrons. The van der Waals surface area contributed by atoms with Gasteiger partial charge in [0.2, 0.25) is 0 Å². The number of ether oxygens (including phenoxy) is 1. The standard InChI is InChI=1S/C24H29N3O2S/c1-4-26(5-2)16-9-17-27(23(28)20-12-14-21(29-3)15-13-20)24-25-22(18-30-24)19-10-7-6-8-11-19/h6-8,10-15,18H,4-5,9,16-17H2,1-3H3/p+1. The highest BCUT2D eigenvalue weighted by Crippen LogP contribution is 2.28. The average Bonchev–Trinajstić information content (AvgIpc) is 3.29. The SMILES string of the molecule is CC[NH+](CC)CCCN(C(=O)c1ccc(OC)cc1)c1nc(-c2ccccc2)cs1. The van der Waals surface area contributed by atoms with Gasteiger partial charge in [0, 0.05) is 29.5 Å². The number of thiazole rings is 1. The first-order chi connectivity index (χ1) is 14.7. The van der Waals surface area contributed by atoms with Gasteiger partial charge in [0.05, 0.1) is 32.4 Å². The van der Waals surface area contributed by atoms with E-state index in [1.54, 1.807) is 7.11 Å². The van der Waals surface area contributed by atoms with Crippen LogP contribution < -0.4 is 14.5 Å². The molecule has 0 bridgehead atoms. The molecule has 30 heavy (non-hydrogen) atoms. The number of amides is 1. The predicted molar refractivity (Wildman–Crippen MR) is 124 cm³/mol. The van der Waals surface area contributed by atoms with Crippen LogP contribution >= 0.6 is 11.3 Å². The van der Waals surface area contributed by atoms with Crippen LogP contribution in [0.25, 0.3) is 11.3 Å². The van der Waals surface area contributed by atoms with Crippen molar-refractivity contribution in [3.8, 4) is 17.0 Å². The van der Waals surface area contributed by atoms with Crippen LogP contribution in [0.15, 0.2) is 60.0 Å². The number of rotatable bonds is 10. The summed E-state index contributed by atoms with van der Waals surface area (Å²) in [6.45, 7) is 8.28. The van der Waals surface area contributed by atoms with Gasteiger partial charge in [0.25, 0.3) is 5.91 Å². The number of benzene rings is 2. The zero-order valence-electron chi connectivity index (χ0n) is 17.9. The van der Waals surface area contributed by atoms with Crippen LogP contribution in [0.4, 0.5) is 5.13 Å². The fourth-order valence-electron chi connectivity index (χ4n) is 3.39. The molecule has 3 aromatic rings. The average molecular weight is 425 g/mol. The molecular weight excluding hydrogens is 394 g/mol. The summed E-state index contributed by atoms with van der Waals surface area (Å²) in [6.07, 6.45) is 0.930. The Bertz CT molecular complexity index is 921. The Labute approximate surface area is 182 Å². The van der Waals surface area contributed by atoms with Gasteiger partial charge in [0.1, 0.15) is 5.75 Å². The van der Waals surface area contributed by atoms with Crippen LogP contribution in [0.5, 0.6) is 5.75 Å². The molecule has 1 heterocycles. The topological polar surface area (TPSA) is 46.9 Å². The van der Waals surface area contributed by atoms with E-state index in [0.717, 1.165) is 48.2 Å². The molecule has 5 nitrogen and oxygen atoms in total. The molecule has 1 amide bonds. The molecule has 6 heteroatoms. The maximum atomic E-state index is 13.4. The number of quaternary nitrogens is 1. The summed E-state index contributed by atoms with van der Waals surface area (Å²) in [5, 5.41) is 2.76. The van der Waals surface area contributed by atoms with E-state index in [9.17, 15) is 4.79 Å². The summed E-state index contributed by atoms with van der Waals surface area (Å²) in [5.41, 5.74) is 2.60. The van der Waals surface area contributed by atoms with Gasteiger partial charge in [-0.05, 0) is 38.1 Å². The minimum Gasteiger partial charge on any atom is -0.497 e. The van der Waals surface area contributed by atoms with E-state index in [0.29, 0.717) is 12.1 Å². The number of nitrogens with zero attached hydrogens (tertiary/aromatic N) is 2. The van der Waals surface area contributed by atoms with E-state index < -0.39 is 0 Å². The molecule has 0 atom stereocenters.